The number of Topliss-reactive ketones (excluding diaryl/α,β-unsaturated/α-hetero) is 1. The number of benzene rings is 1. The van der Waals surface area contributed by atoms with Gasteiger partial charge < -0.3 is 11.1 Å². The molecule has 1 aromatic rings. The van der Waals surface area contributed by atoms with E-state index in [1.54, 1.807) is 0 Å². The lowest BCUT2D eigenvalue weighted by atomic mass is 10.0. The Balaban J connectivity index is 2.81. The molecular formula is C12H14N2O3. The summed E-state index contributed by atoms with van der Waals surface area (Å²) in [5.41, 5.74) is 5.77. The predicted molar refractivity (Wildman–Crippen MR) is 62.0 cm³/mol. The van der Waals surface area contributed by atoms with Crippen molar-refractivity contribution in [2.24, 2.45) is 5.73 Å². The lowest BCUT2D eigenvalue weighted by molar-refractivity contribution is -0.138. The van der Waals surface area contributed by atoms with Gasteiger partial charge in [-0.25, -0.2) is 0 Å². The Hall–Kier alpha value is -2.17. The second-order valence-corrected chi connectivity index (χ2v) is 3.67. The first kappa shape index (κ1) is 12.9. The third-order valence-corrected chi connectivity index (χ3v) is 2.22. The summed E-state index contributed by atoms with van der Waals surface area (Å²) >= 11 is 0. The Morgan fingerprint density at radius 3 is 2.29 bits per heavy atom. The molecule has 3 N–H and O–H groups in total. The molecule has 90 valence electrons. The third kappa shape index (κ3) is 4.06. The molecule has 0 fully saturated rings. The van der Waals surface area contributed by atoms with Crippen LogP contribution in [0.4, 0.5) is 0 Å². The second kappa shape index (κ2) is 5.79. The molecule has 0 saturated heterocycles. The van der Waals surface area contributed by atoms with Crippen LogP contribution in [-0.2, 0) is 20.8 Å². The van der Waals surface area contributed by atoms with Crippen molar-refractivity contribution in [1.82, 2.24) is 5.32 Å². The molecule has 5 nitrogen and oxygen atoms in total. The SMILES string of the molecule is CC(=O)NC(Cc1ccccc1)C(=O)C(N)=O. The van der Waals surface area contributed by atoms with Crippen LogP contribution in [0.2, 0.25) is 0 Å². The number of ketones is 1. The Labute approximate surface area is 99.0 Å². The summed E-state index contributed by atoms with van der Waals surface area (Å²) in [7, 11) is 0. The van der Waals surface area contributed by atoms with Crippen LogP contribution in [-0.4, -0.2) is 23.6 Å². The van der Waals surface area contributed by atoms with Gasteiger partial charge in [0.25, 0.3) is 5.91 Å². The minimum atomic E-state index is -1.04. The highest BCUT2D eigenvalue weighted by atomic mass is 16.2. The smallest absolute Gasteiger partial charge is 0.287 e. The van der Waals surface area contributed by atoms with Gasteiger partial charge in [0.15, 0.2) is 0 Å². The fourth-order valence-electron chi connectivity index (χ4n) is 1.48. The molecule has 2 amide bonds. The van der Waals surface area contributed by atoms with E-state index < -0.39 is 17.7 Å². The zero-order valence-electron chi connectivity index (χ0n) is 9.47. The predicted octanol–water partition coefficient (Wildman–Crippen LogP) is -0.212. The van der Waals surface area contributed by atoms with Gasteiger partial charge in [0.2, 0.25) is 11.7 Å². The van der Waals surface area contributed by atoms with Crippen molar-refractivity contribution in [2.75, 3.05) is 0 Å². The molecule has 0 radical (unpaired) electrons. The maximum Gasteiger partial charge on any atom is 0.287 e. The Kier molecular flexibility index (Phi) is 4.39. The van der Waals surface area contributed by atoms with Crippen LogP contribution in [0.1, 0.15) is 12.5 Å². The van der Waals surface area contributed by atoms with Crippen molar-refractivity contribution >= 4 is 17.6 Å². The minimum Gasteiger partial charge on any atom is -0.363 e. The van der Waals surface area contributed by atoms with Crippen LogP contribution in [0.3, 0.4) is 0 Å². The quantitative estimate of drug-likeness (QED) is 0.691. The number of carbonyl (C=O) groups is 3. The molecule has 1 atom stereocenters. The normalized spacial score (nSPS) is 11.6. The van der Waals surface area contributed by atoms with Gasteiger partial charge in [-0.15, -0.1) is 0 Å². The molecule has 0 aliphatic heterocycles. The average Bonchev–Trinajstić information content (AvgIpc) is 2.28. The summed E-state index contributed by atoms with van der Waals surface area (Å²) in [5, 5.41) is 2.42. The van der Waals surface area contributed by atoms with E-state index in [0.717, 1.165) is 5.56 Å². The van der Waals surface area contributed by atoms with Crippen molar-refractivity contribution in [3.63, 3.8) is 0 Å². The van der Waals surface area contributed by atoms with E-state index in [-0.39, 0.29) is 12.3 Å². The van der Waals surface area contributed by atoms with Crippen LogP contribution < -0.4 is 11.1 Å². The van der Waals surface area contributed by atoms with Crippen LogP contribution >= 0.6 is 0 Å². The van der Waals surface area contributed by atoms with Crippen LogP contribution in [0.15, 0.2) is 30.3 Å². The van der Waals surface area contributed by atoms with E-state index in [9.17, 15) is 14.4 Å². The highest BCUT2D eigenvalue weighted by Gasteiger charge is 2.23. The fourth-order valence-corrected chi connectivity index (χ4v) is 1.48. The van der Waals surface area contributed by atoms with Gasteiger partial charge in [0.05, 0.1) is 0 Å². The molecule has 0 heterocycles. The van der Waals surface area contributed by atoms with E-state index in [1.165, 1.54) is 6.92 Å². The zero-order valence-corrected chi connectivity index (χ0v) is 9.47. The van der Waals surface area contributed by atoms with Crippen molar-refractivity contribution in [3.8, 4) is 0 Å². The molecule has 0 bridgehead atoms. The van der Waals surface area contributed by atoms with E-state index in [4.69, 9.17) is 5.73 Å². The van der Waals surface area contributed by atoms with Crippen LogP contribution in [0, 0.1) is 0 Å². The van der Waals surface area contributed by atoms with Gasteiger partial charge in [-0.2, -0.15) is 0 Å². The Morgan fingerprint density at radius 1 is 1.24 bits per heavy atom. The standard InChI is InChI=1S/C12H14N2O3/c1-8(15)14-10(11(16)12(13)17)7-9-5-3-2-4-6-9/h2-6,10H,7H2,1H3,(H2,13,17)(H,14,15). The lowest BCUT2D eigenvalue weighted by Gasteiger charge is -2.14. The maximum absolute atomic E-state index is 11.5. The highest BCUT2D eigenvalue weighted by molar-refractivity contribution is 6.37. The van der Waals surface area contributed by atoms with E-state index in [2.05, 4.69) is 5.32 Å². The van der Waals surface area contributed by atoms with Gasteiger partial charge in [-0.05, 0) is 5.56 Å². The molecule has 0 aromatic heterocycles. The van der Waals surface area contributed by atoms with Crippen LogP contribution in [0.5, 0.6) is 0 Å². The second-order valence-electron chi connectivity index (χ2n) is 3.67. The zero-order chi connectivity index (χ0) is 12.8. The molecule has 0 aliphatic carbocycles. The maximum atomic E-state index is 11.5. The van der Waals surface area contributed by atoms with Crippen molar-refractivity contribution in [1.29, 1.82) is 0 Å². The number of carbonyl (C=O) groups excluding carboxylic acids is 3. The van der Waals surface area contributed by atoms with Gasteiger partial charge in [-0.1, -0.05) is 30.3 Å². The minimum absolute atomic E-state index is 0.252. The molecule has 1 rings (SSSR count). The van der Waals surface area contributed by atoms with Gasteiger partial charge in [-0.3, -0.25) is 14.4 Å². The van der Waals surface area contributed by atoms with E-state index >= 15 is 0 Å². The van der Waals surface area contributed by atoms with Gasteiger partial charge >= 0.3 is 0 Å². The monoisotopic (exact) mass is 234 g/mol. The highest BCUT2D eigenvalue weighted by Crippen LogP contribution is 2.04. The summed E-state index contributed by atoms with van der Waals surface area (Å²) in [6, 6.07) is 8.19. The number of rotatable bonds is 5. The van der Waals surface area contributed by atoms with Crippen molar-refractivity contribution < 1.29 is 14.4 Å². The largest absolute Gasteiger partial charge is 0.363 e. The Bertz CT molecular complexity index is 429. The first-order chi connectivity index (χ1) is 8.00. The summed E-state index contributed by atoms with van der Waals surface area (Å²) in [4.78, 5) is 33.3. The van der Waals surface area contributed by atoms with Crippen LogP contribution in [0.25, 0.3) is 0 Å². The first-order valence-corrected chi connectivity index (χ1v) is 5.15. The molecular weight excluding hydrogens is 220 g/mol. The van der Waals surface area contributed by atoms with Gasteiger partial charge in [0, 0.05) is 13.3 Å². The van der Waals surface area contributed by atoms with E-state index in [0.29, 0.717) is 0 Å². The van der Waals surface area contributed by atoms with E-state index in [1.807, 2.05) is 30.3 Å². The average molecular weight is 234 g/mol. The Morgan fingerprint density at radius 2 is 1.82 bits per heavy atom. The topological polar surface area (TPSA) is 89.3 Å². The summed E-state index contributed by atoms with van der Waals surface area (Å²) < 4.78 is 0. The van der Waals surface area contributed by atoms with Crippen molar-refractivity contribution in [3.05, 3.63) is 35.9 Å². The molecule has 1 unspecified atom stereocenters. The number of nitrogens with two attached hydrogens (primary N) is 1. The number of primary amides is 1. The number of amides is 2. The van der Waals surface area contributed by atoms with Gasteiger partial charge in [0.1, 0.15) is 6.04 Å². The molecule has 17 heavy (non-hydrogen) atoms. The fraction of sp³-hybridized carbons (Fsp3) is 0.250. The third-order valence-electron chi connectivity index (χ3n) is 2.22. The molecule has 0 saturated carbocycles. The lowest BCUT2D eigenvalue weighted by Crippen LogP contribution is -2.46. The summed E-state index contributed by atoms with van der Waals surface area (Å²) in [6.07, 6.45) is 0.252. The summed E-state index contributed by atoms with van der Waals surface area (Å²) in [6.45, 7) is 1.28. The first-order valence-electron chi connectivity index (χ1n) is 5.15. The molecule has 1 aromatic carbocycles. The number of hydrogen-bond donors (Lipinski definition) is 2. The number of hydrogen-bond acceptors (Lipinski definition) is 3. The molecule has 5 heteroatoms. The number of nitrogens with one attached hydrogen (secondary N) is 1. The molecule has 0 spiro atoms. The molecule has 0 aliphatic rings. The van der Waals surface area contributed by atoms with Crippen molar-refractivity contribution in [2.45, 2.75) is 19.4 Å². The summed E-state index contributed by atoms with van der Waals surface area (Å²) in [5.74, 6) is -2.20.